The number of ether oxygens (including phenoxy) is 2. The predicted molar refractivity (Wildman–Crippen MR) is 83.4 cm³/mol. The average molecular weight is 274 g/mol. The van der Waals surface area contributed by atoms with Gasteiger partial charge in [-0.2, -0.15) is 0 Å². The highest BCUT2D eigenvalue weighted by Gasteiger charge is 2.13. The van der Waals surface area contributed by atoms with Crippen LogP contribution in [0.4, 0.5) is 0 Å². The molecule has 3 aromatic rings. The van der Waals surface area contributed by atoms with Gasteiger partial charge in [-0.1, -0.05) is 60.7 Å². The van der Waals surface area contributed by atoms with Crippen molar-refractivity contribution in [3.05, 3.63) is 72.8 Å². The van der Waals surface area contributed by atoms with Crippen molar-refractivity contribution in [1.29, 1.82) is 0 Å². The third kappa shape index (κ3) is 2.25. The molecule has 0 unspecified atom stereocenters. The molecule has 21 heavy (non-hydrogen) atoms. The number of benzene rings is 3. The molecule has 0 fully saturated rings. The summed E-state index contributed by atoms with van der Waals surface area (Å²) in [4.78, 5) is 0. The summed E-state index contributed by atoms with van der Waals surface area (Å²) in [7, 11) is 0. The molecule has 0 saturated heterocycles. The minimum absolute atomic E-state index is 0.311. The van der Waals surface area contributed by atoms with E-state index in [1.165, 1.54) is 16.7 Å². The fourth-order valence-corrected chi connectivity index (χ4v) is 2.56. The molecule has 0 aromatic heterocycles. The molecule has 3 aromatic carbocycles. The van der Waals surface area contributed by atoms with E-state index in [-0.39, 0.29) is 0 Å². The van der Waals surface area contributed by atoms with Crippen molar-refractivity contribution in [3.63, 3.8) is 0 Å². The first kappa shape index (κ1) is 12.0. The summed E-state index contributed by atoms with van der Waals surface area (Å²) in [6.45, 7) is 0.311. The first-order valence-electron chi connectivity index (χ1n) is 6.96. The second kappa shape index (κ2) is 4.98. The van der Waals surface area contributed by atoms with E-state index in [0.717, 1.165) is 17.1 Å². The molecule has 1 heterocycles. The Hall–Kier alpha value is -2.74. The molecule has 0 aliphatic carbocycles. The van der Waals surface area contributed by atoms with Gasteiger partial charge >= 0.3 is 0 Å². The van der Waals surface area contributed by atoms with Crippen LogP contribution in [0, 0.1) is 0 Å². The Bertz CT molecular complexity index is 761. The summed E-state index contributed by atoms with van der Waals surface area (Å²) >= 11 is 0. The van der Waals surface area contributed by atoms with E-state index < -0.39 is 0 Å². The van der Waals surface area contributed by atoms with Crippen molar-refractivity contribution in [1.82, 2.24) is 0 Å². The second-order valence-corrected chi connectivity index (χ2v) is 5.01. The number of fused-ring (bicyclic) bond motifs is 1. The molecule has 0 atom stereocenters. The van der Waals surface area contributed by atoms with Crippen molar-refractivity contribution in [2.75, 3.05) is 6.79 Å². The molecule has 102 valence electrons. The van der Waals surface area contributed by atoms with Gasteiger partial charge < -0.3 is 9.47 Å². The quantitative estimate of drug-likeness (QED) is 0.671. The molecule has 0 saturated carbocycles. The molecule has 0 bridgehead atoms. The van der Waals surface area contributed by atoms with Crippen molar-refractivity contribution < 1.29 is 9.47 Å². The van der Waals surface area contributed by atoms with E-state index in [2.05, 4.69) is 54.6 Å². The van der Waals surface area contributed by atoms with E-state index in [9.17, 15) is 0 Å². The molecular formula is C19H14O2. The van der Waals surface area contributed by atoms with E-state index in [0.29, 0.717) is 6.79 Å². The SMILES string of the molecule is c1ccc(-c2ccc(-c3ccc4c(c3)OCO4)cc2)cc1. The van der Waals surface area contributed by atoms with Crippen LogP contribution in [0.1, 0.15) is 0 Å². The Morgan fingerprint density at radius 1 is 0.524 bits per heavy atom. The van der Waals surface area contributed by atoms with Gasteiger partial charge in [0.15, 0.2) is 11.5 Å². The monoisotopic (exact) mass is 274 g/mol. The van der Waals surface area contributed by atoms with Crippen LogP contribution in [-0.2, 0) is 0 Å². The lowest BCUT2D eigenvalue weighted by Gasteiger charge is -2.06. The van der Waals surface area contributed by atoms with Gasteiger partial charge in [0.25, 0.3) is 0 Å². The zero-order valence-electron chi connectivity index (χ0n) is 11.5. The minimum Gasteiger partial charge on any atom is -0.454 e. The smallest absolute Gasteiger partial charge is 0.231 e. The molecule has 0 amide bonds. The fraction of sp³-hybridized carbons (Fsp3) is 0.0526. The van der Waals surface area contributed by atoms with Crippen molar-refractivity contribution in [2.24, 2.45) is 0 Å². The summed E-state index contributed by atoms with van der Waals surface area (Å²) < 4.78 is 10.8. The first-order chi connectivity index (χ1) is 10.4. The largest absolute Gasteiger partial charge is 0.454 e. The van der Waals surface area contributed by atoms with Crippen LogP contribution in [0.5, 0.6) is 11.5 Å². The lowest BCUT2D eigenvalue weighted by Crippen LogP contribution is -1.92. The van der Waals surface area contributed by atoms with Crippen LogP contribution in [-0.4, -0.2) is 6.79 Å². The van der Waals surface area contributed by atoms with Gasteiger partial charge in [0.1, 0.15) is 0 Å². The minimum atomic E-state index is 0.311. The van der Waals surface area contributed by atoms with Crippen LogP contribution < -0.4 is 9.47 Å². The Balaban J connectivity index is 1.68. The van der Waals surface area contributed by atoms with Gasteiger partial charge in [-0.25, -0.2) is 0 Å². The van der Waals surface area contributed by atoms with Crippen molar-refractivity contribution >= 4 is 0 Å². The number of hydrogen-bond acceptors (Lipinski definition) is 2. The Labute approximate surface area is 123 Å². The number of rotatable bonds is 2. The van der Waals surface area contributed by atoms with Crippen LogP contribution in [0.3, 0.4) is 0 Å². The van der Waals surface area contributed by atoms with Crippen LogP contribution in [0.15, 0.2) is 72.8 Å². The van der Waals surface area contributed by atoms with Gasteiger partial charge in [0.2, 0.25) is 6.79 Å². The van der Waals surface area contributed by atoms with Crippen molar-refractivity contribution in [3.8, 4) is 33.8 Å². The molecule has 0 N–H and O–H groups in total. The van der Waals surface area contributed by atoms with Gasteiger partial charge in [0.05, 0.1) is 0 Å². The third-order valence-electron chi connectivity index (χ3n) is 3.70. The average Bonchev–Trinajstić information content (AvgIpc) is 3.03. The Morgan fingerprint density at radius 2 is 1.10 bits per heavy atom. The Kier molecular flexibility index (Phi) is 2.86. The third-order valence-corrected chi connectivity index (χ3v) is 3.70. The topological polar surface area (TPSA) is 18.5 Å². The van der Waals surface area contributed by atoms with E-state index in [1.807, 2.05) is 18.2 Å². The highest BCUT2D eigenvalue weighted by Crippen LogP contribution is 2.36. The summed E-state index contributed by atoms with van der Waals surface area (Å²) in [5, 5.41) is 0. The molecule has 1 aliphatic heterocycles. The molecule has 2 heteroatoms. The molecule has 2 nitrogen and oxygen atoms in total. The van der Waals surface area contributed by atoms with Gasteiger partial charge in [-0.05, 0) is 34.4 Å². The molecule has 0 radical (unpaired) electrons. The van der Waals surface area contributed by atoms with E-state index in [4.69, 9.17) is 9.47 Å². The zero-order chi connectivity index (χ0) is 14.1. The van der Waals surface area contributed by atoms with E-state index >= 15 is 0 Å². The maximum atomic E-state index is 5.43. The predicted octanol–water partition coefficient (Wildman–Crippen LogP) is 4.75. The van der Waals surface area contributed by atoms with Gasteiger partial charge in [-0.3, -0.25) is 0 Å². The molecular weight excluding hydrogens is 260 g/mol. The summed E-state index contributed by atoms with van der Waals surface area (Å²) in [5.41, 5.74) is 4.77. The standard InChI is InChI=1S/C19H14O2/c1-2-4-14(5-3-1)15-6-8-16(9-7-15)17-10-11-18-19(12-17)21-13-20-18/h1-12H,13H2. The summed E-state index contributed by atoms with van der Waals surface area (Å²) in [5.74, 6) is 1.64. The maximum Gasteiger partial charge on any atom is 0.231 e. The van der Waals surface area contributed by atoms with E-state index in [1.54, 1.807) is 0 Å². The molecule has 0 spiro atoms. The normalized spacial score (nSPS) is 12.4. The van der Waals surface area contributed by atoms with Crippen LogP contribution >= 0.6 is 0 Å². The van der Waals surface area contributed by atoms with Gasteiger partial charge in [0, 0.05) is 0 Å². The Morgan fingerprint density at radius 3 is 1.86 bits per heavy atom. The van der Waals surface area contributed by atoms with Crippen molar-refractivity contribution in [2.45, 2.75) is 0 Å². The molecule has 4 rings (SSSR count). The van der Waals surface area contributed by atoms with Crippen LogP contribution in [0.25, 0.3) is 22.3 Å². The summed E-state index contributed by atoms with van der Waals surface area (Å²) in [6, 6.07) is 25.0. The highest BCUT2D eigenvalue weighted by atomic mass is 16.7. The lowest BCUT2D eigenvalue weighted by atomic mass is 10.0. The van der Waals surface area contributed by atoms with Gasteiger partial charge in [-0.15, -0.1) is 0 Å². The first-order valence-corrected chi connectivity index (χ1v) is 6.96. The van der Waals surface area contributed by atoms with Crippen LogP contribution in [0.2, 0.25) is 0 Å². The second-order valence-electron chi connectivity index (χ2n) is 5.01. The maximum absolute atomic E-state index is 5.43. The zero-order valence-corrected chi connectivity index (χ0v) is 11.5. The number of hydrogen-bond donors (Lipinski definition) is 0. The molecule has 1 aliphatic rings. The highest BCUT2D eigenvalue weighted by molar-refractivity contribution is 5.72. The lowest BCUT2D eigenvalue weighted by molar-refractivity contribution is 0.174. The fourth-order valence-electron chi connectivity index (χ4n) is 2.56. The summed E-state index contributed by atoms with van der Waals surface area (Å²) in [6.07, 6.45) is 0.